The van der Waals surface area contributed by atoms with Gasteiger partial charge >= 0.3 is 12.1 Å². The minimum atomic E-state index is -4.42. The third-order valence-corrected chi connectivity index (χ3v) is 4.72. The zero-order valence-electron chi connectivity index (χ0n) is 12.9. The highest BCUT2D eigenvalue weighted by molar-refractivity contribution is 14.1. The van der Waals surface area contributed by atoms with Crippen molar-refractivity contribution in [1.82, 2.24) is 9.97 Å². The fourth-order valence-electron chi connectivity index (χ4n) is 2.39. The second kappa shape index (κ2) is 6.66. The number of carbonyl (C=O) groups excluding carboxylic acids is 1. The van der Waals surface area contributed by atoms with E-state index in [4.69, 9.17) is 4.74 Å². The van der Waals surface area contributed by atoms with E-state index < -0.39 is 17.7 Å². The average Bonchev–Trinajstić information content (AvgIpc) is 2.91. The molecular formula is C17H12F3IN2O2. The summed E-state index contributed by atoms with van der Waals surface area (Å²) in [7, 11) is 0. The van der Waals surface area contributed by atoms with Gasteiger partial charge in [-0.1, -0.05) is 6.07 Å². The molecule has 0 bridgehead atoms. The molecule has 0 saturated carbocycles. The van der Waals surface area contributed by atoms with E-state index >= 15 is 0 Å². The van der Waals surface area contributed by atoms with Crippen LogP contribution in [0.1, 0.15) is 23.0 Å². The fourth-order valence-corrected chi connectivity index (χ4v) is 3.20. The number of nitrogens with one attached hydrogen (secondary N) is 1. The number of ether oxygens (including phenoxy) is 1. The maximum Gasteiger partial charge on any atom is 0.417 e. The molecule has 0 aliphatic carbocycles. The number of H-pyrrole nitrogens is 1. The van der Waals surface area contributed by atoms with Crippen molar-refractivity contribution in [1.29, 1.82) is 0 Å². The number of nitrogens with zero attached hydrogens (tertiary/aromatic N) is 1. The molecule has 3 rings (SSSR count). The summed E-state index contributed by atoms with van der Waals surface area (Å²) in [5, 5.41) is 0.780. The molecule has 0 saturated heterocycles. The second-order valence-corrected chi connectivity index (χ2v) is 6.30. The van der Waals surface area contributed by atoms with E-state index in [1.54, 1.807) is 25.1 Å². The first-order valence-electron chi connectivity index (χ1n) is 7.33. The molecule has 0 aliphatic rings. The van der Waals surface area contributed by atoms with Gasteiger partial charge in [-0.05, 0) is 53.8 Å². The topological polar surface area (TPSA) is 55.0 Å². The SMILES string of the molecule is CCOC(=O)c1[nH]c2ccc(-c3ccc(C(F)(F)F)cn3)cc2c1I. The Labute approximate surface area is 154 Å². The number of rotatable bonds is 3. The molecule has 2 aromatic heterocycles. The lowest BCUT2D eigenvalue weighted by Gasteiger charge is -2.07. The number of esters is 1. The number of carbonyl (C=O) groups is 1. The van der Waals surface area contributed by atoms with Crippen LogP contribution in [0, 0.1) is 3.57 Å². The number of hydrogen-bond acceptors (Lipinski definition) is 3. The number of benzene rings is 1. The first-order valence-corrected chi connectivity index (χ1v) is 8.41. The van der Waals surface area contributed by atoms with Gasteiger partial charge in [0.05, 0.1) is 21.4 Å². The van der Waals surface area contributed by atoms with Crippen molar-refractivity contribution in [3.05, 3.63) is 51.4 Å². The number of fused-ring (bicyclic) bond motifs is 1. The number of alkyl halides is 3. The molecule has 0 unspecified atom stereocenters. The van der Waals surface area contributed by atoms with Crippen molar-refractivity contribution in [2.24, 2.45) is 0 Å². The molecule has 4 nitrogen and oxygen atoms in total. The molecule has 0 fully saturated rings. The van der Waals surface area contributed by atoms with Crippen molar-refractivity contribution in [3.63, 3.8) is 0 Å². The van der Waals surface area contributed by atoms with Crippen LogP contribution in [0.4, 0.5) is 13.2 Å². The predicted molar refractivity (Wildman–Crippen MR) is 95.2 cm³/mol. The van der Waals surface area contributed by atoms with E-state index in [1.165, 1.54) is 6.07 Å². The van der Waals surface area contributed by atoms with Crippen LogP contribution in [0.2, 0.25) is 0 Å². The van der Waals surface area contributed by atoms with E-state index in [0.29, 0.717) is 20.5 Å². The molecule has 3 aromatic rings. The van der Waals surface area contributed by atoms with E-state index in [2.05, 4.69) is 9.97 Å². The van der Waals surface area contributed by atoms with Crippen LogP contribution < -0.4 is 0 Å². The fraction of sp³-hybridized carbons (Fsp3) is 0.176. The van der Waals surface area contributed by atoms with Gasteiger partial charge in [0.25, 0.3) is 0 Å². The van der Waals surface area contributed by atoms with Gasteiger partial charge in [0.2, 0.25) is 0 Å². The molecule has 0 aliphatic heterocycles. The third-order valence-electron chi connectivity index (χ3n) is 3.60. The number of pyridine rings is 1. The molecular weight excluding hydrogens is 448 g/mol. The Balaban J connectivity index is 2.01. The van der Waals surface area contributed by atoms with Gasteiger partial charge in [0.15, 0.2) is 0 Å². The molecule has 8 heteroatoms. The van der Waals surface area contributed by atoms with Crippen molar-refractivity contribution < 1.29 is 22.7 Å². The smallest absolute Gasteiger partial charge is 0.417 e. The molecule has 1 aromatic carbocycles. The largest absolute Gasteiger partial charge is 0.461 e. The van der Waals surface area contributed by atoms with E-state index in [-0.39, 0.29) is 6.61 Å². The van der Waals surface area contributed by atoms with E-state index in [1.807, 2.05) is 22.6 Å². The summed E-state index contributed by atoms with van der Waals surface area (Å²) in [6.45, 7) is 1.99. The molecule has 0 amide bonds. The lowest BCUT2D eigenvalue weighted by Crippen LogP contribution is -2.06. The zero-order valence-corrected chi connectivity index (χ0v) is 15.1. The van der Waals surface area contributed by atoms with Gasteiger partial charge in [-0.25, -0.2) is 4.79 Å². The first-order chi connectivity index (χ1) is 11.8. The standard InChI is InChI=1S/C17H12F3IN2O2/c1-2-25-16(24)15-14(21)11-7-9(3-5-13(11)23-15)12-6-4-10(8-22-12)17(18,19)20/h3-8,23H,2H2,1H3. The average molecular weight is 460 g/mol. The predicted octanol–water partition coefficient (Wildman–Crippen LogP) is 5.03. The molecule has 2 heterocycles. The number of halogens is 4. The summed E-state index contributed by atoms with van der Waals surface area (Å²) in [5.41, 5.74) is 1.38. The van der Waals surface area contributed by atoms with Gasteiger partial charge in [-0.3, -0.25) is 4.98 Å². The Bertz CT molecular complexity index is 933. The normalized spacial score (nSPS) is 11.7. The van der Waals surface area contributed by atoms with Crippen LogP contribution in [0.15, 0.2) is 36.5 Å². The van der Waals surface area contributed by atoms with Gasteiger partial charge in [-0.2, -0.15) is 13.2 Å². The highest BCUT2D eigenvalue weighted by Gasteiger charge is 2.30. The summed E-state index contributed by atoms with van der Waals surface area (Å²) in [6, 6.07) is 7.61. The number of aromatic nitrogens is 2. The Morgan fingerprint density at radius 2 is 2.04 bits per heavy atom. The van der Waals surface area contributed by atoms with Crippen molar-refractivity contribution in [2.45, 2.75) is 13.1 Å². The monoisotopic (exact) mass is 460 g/mol. The third kappa shape index (κ3) is 3.48. The van der Waals surface area contributed by atoms with Crippen LogP contribution >= 0.6 is 22.6 Å². The Morgan fingerprint density at radius 3 is 2.64 bits per heavy atom. The van der Waals surface area contributed by atoms with Crippen LogP contribution in [-0.4, -0.2) is 22.5 Å². The Morgan fingerprint density at radius 1 is 1.28 bits per heavy atom. The Kier molecular flexibility index (Phi) is 4.72. The summed E-state index contributed by atoms with van der Waals surface area (Å²) >= 11 is 2.04. The highest BCUT2D eigenvalue weighted by Crippen LogP contribution is 2.32. The summed E-state index contributed by atoms with van der Waals surface area (Å²) in [4.78, 5) is 18.8. The lowest BCUT2D eigenvalue weighted by molar-refractivity contribution is -0.137. The molecule has 130 valence electrons. The Hall–Kier alpha value is -2.10. The van der Waals surface area contributed by atoms with Crippen LogP contribution in [0.3, 0.4) is 0 Å². The molecule has 1 N–H and O–H groups in total. The maximum atomic E-state index is 12.6. The maximum absolute atomic E-state index is 12.6. The first kappa shape index (κ1) is 17.7. The summed E-state index contributed by atoms with van der Waals surface area (Å²) in [6.07, 6.45) is -3.61. The quantitative estimate of drug-likeness (QED) is 0.441. The van der Waals surface area contributed by atoms with Gasteiger partial charge in [0, 0.05) is 22.7 Å². The lowest BCUT2D eigenvalue weighted by atomic mass is 10.1. The van der Waals surface area contributed by atoms with Crippen molar-refractivity contribution in [2.75, 3.05) is 6.61 Å². The second-order valence-electron chi connectivity index (χ2n) is 5.22. The minimum absolute atomic E-state index is 0.269. The highest BCUT2D eigenvalue weighted by atomic mass is 127. The van der Waals surface area contributed by atoms with E-state index in [9.17, 15) is 18.0 Å². The zero-order chi connectivity index (χ0) is 18.2. The summed E-state index contributed by atoms with van der Waals surface area (Å²) < 4.78 is 43.6. The van der Waals surface area contributed by atoms with Gasteiger partial charge in [0.1, 0.15) is 5.69 Å². The molecule has 0 radical (unpaired) electrons. The minimum Gasteiger partial charge on any atom is -0.461 e. The van der Waals surface area contributed by atoms with Gasteiger partial charge < -0.3 is 9.72 Å². The van der Waals surface area contributed by atoms with Crippen LogP contribution in [0.25, 0.3) is 22.2 Å². The molecule has 0 spiro atoms. The van der Waals surface area contributed by atoms with Crippen LogP contribution in [-0.2, 0) is 10.9 Å². The molecule has 25 heavy (non-hydrogen) atoms. The van der Waals surface area contributed by atoms with Crippen molar-refractivity contribution in [3.8, 4) is 11.3 Å². The van der Waals surface area contributed by atoms with Gasteiger partial charge in [-0.15, -0.1) is 0 Å². The molecule has 0 atom stereocenters. The number of aromatic amines is 1. The number of hydrogen-bond donors (Lipinski definition) is 1. The van der Waals surface area contributed by atoms with Crippen molar-refractivity contribution >= 4 is 39.5 Å². The summed E-state index contributed by atoms with van der Waals surface area (Å²) in [5.74, 6) is -0.447. The van der Waals surface area contributed by atoms with Crippen LogP contribution in [0.5, 0.6) is 0 Å². The van der Waals surface area contributed by atoms with E-state index in [0.717, 1.165) is 23.2 Å².